The van der Waals surface area contributed by atoms with Crippen LogP contribution in [0, 0.1) is 17.6 Å². The van der Waals surface area contributed by atoms with Crippen LogP contribution >= 0.6 is 0 Å². The summed E-state index contributed by atoms with van der Waals surface area (Å²) in [5, 5.41) is 4.22. The molecule has 1 aromatic carbocycles. The maximum atomic E-state index is 13.9. The normalized spacial score (nSPS) is 11.3. The SMILES string of the molecule is CC(C)Cc1c(-c2cccc(F)c2F)nn(C)c1N. The van der Waals surface area contributed by atoms with Crippen LogP contribution in [0.3, 0.4) is 0 Å². The first-order valence-corrected chi connectivity index (χ1v) is 6.17. The van der Waals surface area contributed by atoms with Crippen LogP contribution in [0.4, 0.5) is 14.6 Å². The van der Waals surface area contributed by atoms with Crippen LogP contribution in [0.5, 0.6) is 0 Å². The van der Waals surface area contributed by atoms with Crippen LogP contribution in [-0.2, 0) is 13.5 Å². The Morgan fingerprint density at radius 3 is 2.63 bits per heavy atom. The summed E-state index contributed by atoms with van der Waals surface area (Å²) in [6.07, 6.45) is 0.672. The molecule has 0 radical (unpaired) electrons. The molecule has 0 aliphatic rings. The zero-order chi connectivity index (χ0) is 14.2. The molecule has 0 saturated carbocycles. The number of nitrogens with two attached hydrogens (primary N) is 1. The molecule has 1 heterocycles. The highest BCUT2D eigenvalue weighted by molar-refractivity contribution is 5.69. The number of anilines is 1. The van der Waals surface area contributed by atoms with Crippen molar-refractivity contribution in [1.29, 1.82) is 0 Å². The summed E-state index contributed by atoms with van der Waals surface area (Å²) in [5.41, 5.74) is 7.30. The van der Waals surface area contributed by atoms with E-state index in [0.29, 0.717) is 23.9 Å². The Kier molecular flexibility index (Phi) is 3.55. The average molecular weight is 265 g/mol. The lowest BCUT2D eigenvalue weighted by molar-refractivity contribution is 0.510. The van der Waals surface area contributed by atoms with E-state index < -0.39 is 11.6 Å². The third-order valence-corrected chi connectivity index (χ3v) is 3.01. The summed E-state index contributed by atoms with van der Waals surface area (Å²) in [4.78, 5) is 0. The molecule has 0 spiro atoms. The van der Waals surface area contributed by atoms with Gasteiger partial charge in [0.1, 0.15) is 11.5 Å². The van der Waals surface area contributed by atoms with E-state index in [9.17, 15) is 8.78 Å². The highest BCUT2D eigenvalue weighted by Crippen LogP contribution is 2.31. The molecule has 2 aromatic rings. The Balaban J connectivity index is 2.62. The second-order valence-electron chi connectivity index (χ2n) is 5.04. The van der Waals surface area contributed by atoms with Crippen LogP contribution in [0.1, 0.15) is 19.4 Å². The van der Waals surface area contributed by atoms with E-state index in [1.54, 1.807) is 7.05 Å². The van der Waals surface area contributed by atoms with Crippen molar-refractivity contribution in [3.8, 4) is 11.3 Å². The standard InChI is InChI=1S/C14H17F2N3/c1-8(2)7-10-13(18-19(3)14(10)17)9-5-4-6-11(15)12(9)16/h4-6,8H,7,17H2,1-3H3. The lowest BCUT2D eigenvalue weighted by Gasteiger charge is -2.07. The Morgan fingerprint density at radius 1 is 1.32 bits per heavy atom. The molecular weight excluding hydrogens is 248 g/mol. The van der Waals surface area contributed by atoms with Gasteiger partial charge in [-0.1, -0.05) is 19.9 Å². The molecule has 0 bridgehead atoms. The number of nitrogen functional groups attached to an aromatic ring is 1. The predicted octanol–water partition coefficient (Wildman–Crippen LogP) is 3.15. The summed E-state index contributed by atoms with van der Waals surface area (Å²) in [6, 6.07) is 4.08. The molecule has 2 rings (SSSR count). The first-order valence-electron chi connectivity index (χ1n) is 6.17. The van der Waals surface area contributed by atoms with E-state index in [1.165, 1.54) is 16.8 Å². The second kappa shape index (κ2) is 4.99. The molecule has 0 atom stereocenters. The summed E-state index contributed by atoms with van der Waals surface area (Å²) in [6.45, 7) is 4.08. The lowest BCUT2D eigenvalue weighted by atomic mass is 9.99. The van der Waals surface area contributed by atoms with Gasteiger partial charge < -0.3 is 5.73 Å². The summed E-state index contributed by atoms with van der Waals surface area (Å²) < 4.78 is 28.7. The first kappa shape index (κ1) is 13.5. The fourth-order valence-electron chi connectivity index (χ4n) is 2.09. The van der Waals surface area contributed by atoms with Crippen molar-refractivity contribution in [2.75, 3.05) is 5.73 Å². The average Bonchev–Trinajstić information content (AvgIpc) is 2.60. The van der Waals surface area contributed by atoms with Crippen molar-refractivity contribution in [1.82, 2.24) is 9.78 Å². The quantitative estimate of drug-likeness (QED) is 0.926. The van der Waals surface area contributed by atoms with Crippen LogP contribution < -0.4 is 5.73 Å². The van der Waals surface area contributed by atoms with Crippen molar-refractivity contribution in [3.05, 3.63) is 35.4 Å². The second-order valence-corrected chi connectivity index (χ2v) is 5.04. The molecule has 2 N–H and O–H groups in total. The molecule has 0 fully saturated rings. The van der Waals surface area contributed by atoms with E-state index in [-0.39, 0.29) is 5.56 Å². The summed E-state index contributed by atoms with van der Waals surface area (Å²) in [5.74, 6) is -0.919. The number of nitrogens with zero attached hydrogens (tertiary/aromatic N) is 2. The van der Waals surface area contributed by atoms with Gasteiger partial charge in [0.05, 0.1) is 0 Å². The summed E-state index contributed by atoms with van der Waals surface area (Å²) >= 11 is 0. The molecule has 0 saturated heterocycles. The van der Waals surface area contributed by atoms with Gasteiger partial charge in [0.2, 0.25) is 0 Å². The minimum atomic E-state index is -0.884. The molecule has 19 heavy (non-hydrogen) atoms. The van der Waals surface area contributed by atoms with Gasteiger partial charge in [0.25, 0.3) is 0 Å². The van der Waals surface area contributed by atoms with E-state index >= 15 is 0 Å². The van der Waals surface area contributed by atoms with Gasteiger partial charge in [-0.3, -0.25) is 4.68 Å². The van der Waals surface area contributed by atoms with E-state index in [4.69, 9.17) is 5.73 Å². The van der Waals surface area contributed by atoms with Crippen LogP contribution in [-0.4, -0.2) is 9.78 Å². The molecule has 1 aromatic heterocycles. The molecule has 0 unspecified atom stereocenters. The maximum absolute atomic E-state index is 13.9. The third-order valence-electron chi connectivity index (χ3n) is 3.01. The van der Waals surface area contributed by atoms with Crippen LogP contribution in [0.2, 0.25) is 0 Å². The summed E-state index contributed by atoms with van der Waals surface area (Å²) in [7, 11) is 1.69. The van der Waals surface area contributed by atoms with Crippen molar-refractivity contribution < 1.29 is 8.78 Å². The third kappa shape index (κ3) is 2.45. The van der Waals surface area contributed by atoms with Gasteiger partial charge >= 0.3 is 0 Å². The van der Waals surface area contributed by atoms with E-state index in [1.807, 2.05) is 13.8 Å². The zero-order valence-electron chi connectivity index (χ0n) is 11.2. The molecular formula is C14H17F2N3. The molecule has 3 nitrogen and oxygen atoms in total. The lowest BCUT2D eigenvalue weighted by Crippen LogP contribution is -2.02. The van der Waals surface area contributed by atoms with Crippen LogP contribution in [0.15, 0.2) is 18.2 Å². The van der Waals surface area contributed by atoms with Crippen molar-refractivity contribution in [2.24, 2.45) is 13.0 Å². The van der Waals surface area contributed by atoms with Gasteiger partial charge in [-0.25, -0.2) is 8.78 Å². The molecule has 0 amide bonds. The first-order chi connectivity index (χ1) is 8.91. The Morgan fingerprint density at radius 2 is 2.00 bits per heavy atom. The molecule has 0 aliphatic carbocycles. The molecule has 5 heteroatoms. The maximum Gasteiger partial charge on any atom is 0.168 e. The fraction of sp³-hybridized carbons (Fsp3) is 0.357. The van der Waals surface area contributed by atoms with Gasteiger partial charge in [-0.05, 0) is 24.5 Å². The highest BCUT2D eigenvalue weighted by atomic mass is 19.2. The highest BCUT2D eigenvalue weighted by Gasteiger charge is 2.20. The van der Waals surface area contributed by atoms with Crippen molar-refractivity contribution in [2.45, 2.75) is 20.3 Å². The number of hydrogen-bond donors (Lipinski definition) is 1. The van der Waals surface area contributed by atoms with Gasteiger partial charge in [-0.15, -0.1) is 0 Å². The Bertz CT molecular complexity index is 603. The molecule has 102 valence electrons. The van der Waals surface area contributed by atoms with Gasteiger partial charge in [-0.2, -0.15) is 5.10 Å². The fourth-order valence-corrected chi connectivity index (χ4v) is 2.09. The number of hydrogen-bond acceptors (Lipinski definition) is 2. The topological polar surface area (TPSA) is 43.8 Å². The minimum Gasteiger partial charge on any atom is -0.384 e. The van der Waals surface area contributed by atoms with Gasteiger partial charge in [0, 0.05) is 18.2 Å². The van der Waals surface area contributed by atoms with E-state index in [2.05, 4.69) is 5.10 Å². The number of halogens is 2. The van der Waals surface area contributed by atoms with Crippen molar-refractivity contribution >= 4 is 5.82 Å². The molecule has 0 aliphatic heterocycles. The van der Waals surface area contributed by atoms with Gasteiger partial charge in [0.15, 0.2) is 11.6 Å². The van der Waals surface area contributed by atoms with Crippen LogP contribution in [0.25, 0.3) is 11.3 Å². The number of aromatic nitrogens is 2. The Hall–Kier alpha value is -1.91. The number of benzene rings is 1. The minimum absolute atomic E-state index is 0.156. The zero-order valence-corrected chi connectivity index (χ0v) is 11.2. The number of rotatable bonds is 3. The smallest absolute Gasteiger partial charge is 0.168 e. The number of aryl methyl sites for hydroxylation is 1. The largest absolute Gasteiger partial charge is 0.384 e. The van der Waals surface area contributed by atoms with Crippen molar-refractivity contribution in [3.63, 3.8) is 0 Å². The monoisotopic (exact) mass is 265 g/mol. The van der Waals surface area contributed by atoms with E-state index in [0.717, 1.165) is 11.6 Å². The Labute approximate surface area is 111 Å². The predicted molar refractivity (Wildman–Crippen MR) is 71.5 cm³/mol.